The molecule has 0 saturated heterocycles. The van der Waals surface area contributed by atoms with Crippen molar-refractivity contribution in [2.75, 3.05) is 5.32 Å². The van der Waals surface area contributed by atoms with Gasteiger partial charge in [0, 0.05) is 17.7 Å². The quantitative estimate of drug-likeness (QED) is 0.850. The fraction of sp³-hybridized carbons (Fsp3) is 0.529. The summed E-state index contributed by atoms with van der Waals surface area (Å²) in [5.74, 6) is 2.41. The fourth-order valence-corrected chi connectivity index (χ4v) is 3.86. The molecule has 3 rings (SSSR count). The van der Waals surface area contributed by atoms with E-state index in [0.29, 0.717) is 17.9 Å². The van der Waals surface area contributed by atoms with E-state index in [2.05, 4.69) is 5.32 Å². The van der Waals surface area contributed by atoms with Crippen molar-refractivity contribution in [3.63, 3.8) is 0 Å². The van der Waals surface area contributed by atoms with Crippen molar-refractivity contribution in [1.29, 1.82) is 0 Å². The van der Waals surface area contributed by atoms with Gasteiger partial charge in [0.05, 0.1) is 0 Å². The van der Waals surface area contributed by atoms with Crippen LogP contribution >= 0.6 is 0 Å². The summed E-state index contributed by atoms with van der Waals surface area (Å²) >= 11 is 0. The van der Waals surface area contributed by atoms with Crippen molar-refractivity contribution >= 4 is 17.4 Å². The molecule has 1 aromatic carbocycles. The average molecular weight is 271 g/mol. The molecule has 3 nitrogen and oxygen atoms in total. The van der Waals surface area contributed by atoms with Gasteiger partial charge in [-0.1, -0.05) is 6.42 Å². The SMILES string of the molecule is CC(=O)c1ccc(NC(=O)C[C@H]2C[C@H]3CC[C@@H]2C3)cc1. The number of rotatable bonds is 4. The summed E-state index contributed by atoms with van der Waals surface area (Å²) in [7, 11) is 0. The molecule has 0 aromatic heterocycles. The second-order valence-electron chi connectivity index (χ2n) is 6.32. The lowest BCUT2D eigenvalue weighted by atomic mass is 9.86. The molecule has 0 radical (unpaired) electrons. The van der Waals surface area contributed by atoms with Crippen molar-refractivity contribution in [3.05, 3.63) is 29.8 Å². The van der Waals surface area contributed by atoms with Crippen LogP contribution < -0.4 is 5.32 Å². The van der Waals surface area contributed by atoms with Gasteiger partial charge in [0.15, 0.2) is 5.78 Å². The minimum absolute atomic E-state index is 0.0462. The van der Waals surface area contributed by atoms with Gasteiger partial charge in [-0.2, -0.15) is 0 Å². The number of amides is 1. The molecule has 1 aromatic rings. The number of fused-ring (bicyclic) bond motifs is 2. The third kappa shape index (κ3) is 2.77. The van der Waals surface area contributed by atoms with E-state index >= 15 is 0 Å². The maximum atomic E-state index is 12.1. The van der Waals surface area contributed by atoms with Gasteiger partial charge in [-0.15, -0.1) is 0 Å². The van der Waals surface area contributed by atoms with E-state index in [1.165, 1.54) is 25.7 Å². The number of Topliss-reactive ketones (excluding diaryl/α,β-unsaturated/α-hetero) is 1. The predicted octanol–water partition coefficient (Wildman–Crippen LogP) is 3.65. The highest BCUT2D eigenvalue weighted by molar-refractivity contribution is 5.95. The van der Waals surface area contributed by atoms with Crippen LogP contribution in [0.15, 0.2) is 24.3 Å². The lowest BCUT2D eigenvalue weighted by molar-refractivity contribution is -0.117. The van der Waals surface area contributed by atoms with Gasteiger partial charge in [-0.25, -0.2) is 0 Å². The molecule has 2 aliphatic rings. The molecule has 2 bridgehead atoms. The smallest absolute Gasteiger partial charge is 0.224 e. The molecule has 1 N–H and O–H groups in total. The molecule has 20 heavy (non-hydrogen) atoms. The molecule has 2 saturated carbocycles. The minimum Gasteiger partial charge on any atom is -0.326 e. The van der Waals surface area contributed by atoms with Gasteiger partial charge in [0.1, 0.15) is 0 Å². The van der Waals surface area contributed by atoms with Gasteiger partial charge in [0.25, 0.3) is 0 Å². The predicted molar refractivity (Wildman–Crippen MR) is 78.6 cm³/mol. The van der Waals surface area contributed by atoms with Crippen LogP contribution in [0.4, 0.5) is 5.69 Å². The summed E-state index contributed by atoms with van der Waals surface area (Å²) in [5, 5.41) is 2.94. The van der Waals surface area contributed by atoms with Crippen LogP contribution in [0.5, 0.6) is 0 Å². The van der Waals surface area contributed by atoms with E-state index in [9.17, 15) is 9.59 Å². The van der Waals surface area contributed by atoms with E-state index in [-0.39, 0.29) is 11.7 Å². The summed E-state index contributed by atoms with van der Waals surface area (Å²) in [6, 6.07) is 7.12. The normalized spacial score (nSPS) is 27.6. The summed E-state index contributed by atoms with van der Waals surface area (Å²) in [6.07, 6.45) is 5.91. The van der Waals surface area contributed by atoms with E-state index in [0.717, 1.165) is 17.5 Å². The van der Waals surface area contributed by atoms with Crippen LogP contribution in [-0.4, -0.2) is 11.7 Å². The fourth-order valence-electron chi connectivity index (χ4n) is 3.86. The number of nitrogens with one attached hydrogen (secondary N) is 1. The highest BCUT2D eigenvalue weighted by atomic mass is 16.1. The average Bonchev–Trinajstić information content (AvgIpc) is 3.01. The lowest BCUT2D eigenvalue weighted by Gasteiger charge is -2.20. The molecule has 0 heterocycles. The summed E-state index contributed by atoms with van der Waals surface area (Å²) in [4.78, 5) is 23.3. The second kappa shape index (κ2) is 5.39. The highest BCUT2D eigenvalue weighted by Gasteiger charge is 2.40. The Labute approximate surface area is 119 Å². The Morgan fingerprint density at radius 3 is 2.45 bits per heavy atom. The standard InChI is InChI=1S/C17H21NO2/c1-11(19)13-4-6-16(7-5-13)18-17(20)10-15-9-12-2-3-14(15)8-12/h4-7,12,14-15H,2-3,8-10H2,1H3,(H,18,20)/t12-,14+,15+/m0/s1. The Morgan fingerprint density at radius 1 is 1.15 bits per heavy atom. The third-order valence-corrected chi connectivity index (χ3v) is 4.91. The molecule has 106 valence electrons. The van der Waals surface area contributed by atoms with Crippen LogP contribution in [0, 0.1) is 17.8 Å². The molecular weight excluding hydrogens is 250 g/mol. The van der Waals surface area contributed by atoms with E-state index in [4.69, 9.17) is 0 Å². The van der Waals surface area contributed by atoms with Crippen LogP contribution in [0.25, 0.3) is 0 Å². The first-order valence-electron chi connectivity index (χ1n) is 7.52. The van der Waals surface area contributed by atoms with E-state index in [1.54, 1.807) is 31.2 Å². The maximum Gasteiger partial charge on any atom is 0.224 e. The van der Waals surface area contributed by atoms with Gasteiger partial charge in [-0.3, -0.25) is 9.59 Å². The molecule has 3 heteroatoms. The molecule has 3 atom stereocenters. The molecule has 2 fully saturated rings. The first-order chi connectivity index (χ1) is 9.61. The highest BCUT2D eigenvalue weighted by Crippen LogP contribution is 2.49. The Bertz CT molecular complexity index is 520. The molecule has 0 aliphatic heterocycles. The zero-order chi connectivity index (χ0) is 14.1. The number of carbonyl (C=O) groups is 2. The van der Waals surface area contributed by atoms with Gasteiger partial charge < -0.3 is 5.32 Å². The number of benzene rings is 1. The maximum absolute atomic E-state index is 12.1. The third-order valence-electron chi connectivity index (χ3n) is 4.91. The largest absolute Gasteiger partial charge is 0.326 e. The Balaban J connectivity index is 1.55. The molecular formula is C17H21NO2. The topological polar surface area (TPSA) is 46.2 Å². The van der Waals surface area contributed by atoms with Crippen molar-refractivity contribution in [1.82, 2.24) is 0 Å². The summed E-state index contributed by atoms with van der Waals surface area (Å²) in [6.45, 7) is 1.54. The van der Waals surface area contributed by atoms with Crippen LogP contribution in [0.3, 0.4) is 0 Å². The van der Waals surface area contributed by atoms with Crippen LogP contribution in [-0.2, 0) is 4.79 Å². The number of anilines is 1. The zero-order valence-corrected chi connectivity index (χ0v) is 11.9. The Kier molecular flexibility index (Phi) is 3.60. The second-order valence-corrected chi connectivity index (χ2v) is 6.32. The van der Waals surface area contributed by atoms with Crippen LogP contribution in [0.2, 0.25) is 0 Å². The molecule has 0 spiro atoms. The number of ketones is 1. The van der Waals surface area contributed by atoms with Crippen molar-refractivity contribution in [2.24, 2.45) is 17.8 Å². The Hall–Kier alpha value is -1.64. The number of hydrogen-bond acceptors (Lipinski definition) is 2. The van der Waals surface area contributed by atoms with Crippen molar-refractivity contribution < 1.29 is 9.59 Å². The minimum atomic E-state index is 0.0462. The van der Waals surface area contributed by atoms with Crippen molar-refractivity contribution in [2.45, 2.75) is 39.0 Å². The van der Waals surface area contributed by atoms with Gasteiger partial charge >= 0.3 is 0 Å². The van der Waals surface area contributed by atoms with E-state index in [1.807, 2.05) is 0 Å². The van der Waals surface area contributed by atoms with Crippen molar-refractivity contribution in [3.8, 4) is 0 Å². The monoisotopic (exact) mass is 271 g/mol. The Morgan fingerprint density at radius 2 is 1.90 bits per heavy atom. The molecule has 1 amide bonds. The summed E-state index contributed by atoms with van der Waals surface area (Å²) < 4.78 is 0. The van der Waals surface area contributed by atoms with Gasteiger partial charge in [-0.05, 0) is 68.2 Å². The van der Waals surface area contributed by atoms with Crippen LogP contribution in [0.1, 0.15) is 49.4 Å². The molecule has 0 unspecified atom stereocenters. The zero-order valence-electron chi connectivity index (χ0n) is 11.9. The first-order valence-corrected chi connectivity index (χ1v) is 7.52. The number of carbonyl (C=O) groups excluding carboxylic acids is 2. The van der Waals surface area contributed by atoms with Gasteiger partial charge in [0.2, 0.25) is 5.91 Å². The molecule has 2 aliphatic carbocycles. The first kappa shape index (κ1) is 13.3. The summed E-state index contributed by atoms with van der Waals surface area (Å²) in [5.41, 5.74) is 1.46. The lowest BCUT2D eigenvalue weighted by Crippen LogP contribution is -2.20. The number of hydrogen-bond donors (Lipinski definition) is 1. The van der Waals surface area contributed by atoms with E-state index < -0.39 is 0 Å².